The molecule has 4 nitrogen and oxygen atoms in total. The normalized spacial score (nSPS) is 15.1. The first-order chi connectivity index (χ1) is 14.5. The summed E-state index contributed by atoms with van der Waals surface area (Å²) < 4.78 is 32.6. The van der Waals surface area contributed by atoms with Gasteiger partial charge >= 0.3 is 6.03 Å². The molecule has 0 fully saturated rings. The van der Waals surface area contributed by atoms with Crippen LogP contribution in [-0.2, 0) is 13.0 Å². The van der Waals surface area contributed by atoms with Crippen LogP contribution in [0.1, 0.15) is 16.7 Å². The Kier molecular flexibility index (Phi) is 5.65. The van der Waals surface area contributed by atoms with Crippen molar-refractivity contribution in [2.75, 3.05) is 6.61 Å². The molecule has 0 bridgehead atoms. The first-order valence-corrected chi connectivity index (χ1v) is 9.79. The van der Waals surface area contributed by atoms with Gasteiger partial charge in [-0.2, -0.15) is 0 Å². The Labute approximate surface area is 173 Å². The van der Waals surface area contributed by atoms with Gasteiger partial charge in [0, 0.05) is 18.2 Å². The van der Waals surface area contributed by atoms with Crippen LogP contribution in [-0.4, -0.2) is 18.7 Å². The molecule has 30 heavy (non-hydrogen) atoms. The molecule has 3 aromatic rings. The molecular weight excluding hydrogens is 386 g/mol. The van der Waals surface area contributed by atoms with Gasteiger partial charge in [0.25, 0.3) is 0 Å². The van der Waals surface area contributed by atoms with E-state index in [9.17, 15) is 13.6 Å². The average Bonchev–Trinajstić information content (AvgIpc) is 2.72. The van der Waals surface area contributed by atoms with E-state index >= 15 is 0 Å². The summed E-state index contributed by atoms with van der Waals surface area (Å²) in [5, 5.41) is 5.63. The molecule has 1 aliphatic heterocycles. The summed E-state index contributed by atoms with van der Waals surface area (Å²) in [4.78, 5) is 12.3. The van der Waals surface area contributed by atoms with Crippen molar-refractivity contribution < 1.29 is 18.3 Å². The predicted octanol–water partition coefficient (Wildman–Crippen LogP) is 4.74. The molecule has 3 aromatic carbocycles. The summed E-state index contributed by atoms with van der Waals surface area (Å²) in [5.74, 6) is -1.32. The fourth-order valence-electron chi connectivity index (χ4n) is 3.63. The third-order valence-electron chi connectivity index (χ3n) is 5.05. The van der Waals surface area contributed by atoms with E-state index in [1.165, 1.54) is 11.6 Å². The van der Waals surface area contributed by atoms with Crippen LogP contribution in [0.3, 0.4) is 0 Å². The highest BCUT2D eigenvalue weighted by atomic mass is 19.1. The predicted molar refractivity (Wildman–Crippen MR) is 111 cm³/mol. The van der Waals surface area contributed by atoms with E-state index < -0.39 is 11.6 Å². The smallest absolute Gasteiger partial charge is 0.315 e. The Morgan fingerprint density at radius 1 is 1.07 bits per heavy atom. The number of ether oxygens (including phenoxy) is 1. The minimum Gasteiger partial charge on any atom is -0.488 e. The lowest BCUT2D eigenvalue weighted by atomic mass is 10.0. The van der Waals surface area contributed by atoms with Gasteiger partial charge in [0.05, 0.1) is 6.04 Å². The first-order valence-electron chi connectivity index (χ1n) is 9.79. The standard InChI is InChI=1S/C24H22F2N2O2/c1-15-4-2-6-17(8-15)18-7-3-5-16(9-18)13-27-24(29)28-21-11-19-10-20(25)12-22(26)23(19)30-14-21/h2-10,12,21H,11,13-14H2,1H3,(H2,27,28,29). The Bertz CT molecular complexity index is 1080. The minimum absolute atomic E-state index is 0.0582. The summed E-state index contributed by atoms with van der Waals surface area (Å²) in [6.45, 7) is 2.54. The van der Waals surface area contributed by atoms with Crippen LogP contribution in [0.15, 0.2) is 60.7 Å². The summed E-state index contributed by atoms with van der Waals surface area (Å²) in [7, 11) is 0. The second-order valence-corrected chi connectivity index (χ2v) is 7.48. The van der Waals surface area contributed by atoms with Crippen LogP contribution in [0.2, 0.25) is 0 Å². The SMILES string of the molecule is Cc1cccc(-c2cccc(CNC(=O)NC3COc4c(F)cc(F)cc4C3)c2)c1. The van der Waals surface area contributed by atoms with E-state index in [4.69, 9.17) is 4.74 Å². The van der Waals surface area contributed by atoms with E-state index in [1.807, 2.05) is 30.3 Å². The summed E-state index contributed by atoms with van der Waals surface area (Å²) in [6.07, 6.45) is 0.306. The summed E-state index contributed by atoms with van der Waals surface area (Å²) in [6, 6.07) is 17.5. The van der Waals surface area contributed by atoms with Crippen molar-refractivity contribution in [1.82, 2.24) is 10.6 Å². The molecule has 1 atom stereocenters. The molecular formula is C24H22F2N2O2. The van der Waals surface area contributed by atoms with Gasteiger partial charge in [-0.15, -0.1) is 0 Å². The lowest BCUT2D eigenvalue weighted by Gasteiger charge is -2.26. The number of hydrogen-bond acceptors (Lipinski definition) is 2. The molecule has 6 heteroatoms. The Morgan fingerprint density at radius 2 is 1.83 bits per heavy atom. The van der Waals surface area contributed by atoms with Gasteiger partial charge in [0.1, 0.15) is 12.4 Å². The summed E-state index contributed by atoms with van der Waals surface area (Å²) in [5.41, 5.74) is 4.78. The largest absolute Gasteiger partial charge is 0.488 e. The van der Waals surface area contributed by atoms with E-state index in [2.05, 4.69) is 35.8 Å². The fourth-order valence-corrected chi connectivity index (χ4v) is 3.63. The van der Waals surface area contributed by atoms with Crippen LogP contribution >= 0.6 is 0 Å². The zero-order valence-electron chi connectivity index (χ0n) is 16.5. The molecule has 4 rings (SSSR count). The quantitative estimate of drug-likeness (QED) is 0.655. The number of urea groups is 1. The van der Waals surface area contributed by atoms with Gasteiger partial charge < -0.3 is 15.4 Å². The van der Waals surface area contributed by atoms with Crippen molar-refractivity contribution in [1.29, 1.82) is 0 Å². The maximum Gasteiger partial charge on any atom is 0.315 e. The number of carbonyl (C=O) groups excluding carboxylic acids is 1. The molecule has 0 aliphatic carbocycles. The molecule has 2 N–H and O–H groups in total. The Hall–Kier alpha value is -3.41. The van der Waals surface area contributed by atoms with Crippen LogP contribution in [0, 0.1) is 18.6 Å². The number of benzene rings is 3. The van der Waals surface area contributed by atoms with Gasteiger partial charge in [-0.25, -0.2) is 13.6 Å². The van der Waals surface area contributed by atoms with Gasteiger partial charge in [0.15, 0.2) is 11.6 Å². The number of aryl methyl sites for hydroxylation is 1. The summed E-state index contributed by atoms with van der Waals surface area (Å²) >= 11 is 0. The van der Waals surface area contributed by atoms with Crippen molar-refractivity contribution in [3.05, 3.63) is 89.0 Å². The highest BCUT2D eigenvalue weighted by Gasteiger charge is 2.24. The number of rotatable bonds is 4. The molecule has 0 spiro atoms. The van der Waals surface area contributed by atoms with Crippen molar-refractivity contribution in [3.8, 4) is 16.9 Å². The molecule has 1 aliphatic rings. The van der Waals surface area contributed by atoms with Crippen LogP contribution in [0.25, 0.3) is 11.1 Å². The number of halogens is 2. The van der Waals surface area contributed by atoms with Crippen LogP contribution < -0.4 is 15.4 Å². The topological polar surface area (TPSA) is 50.4 Å². The second-order valence-electron chi connectivity index (χ2n) is 7.48. The van der Waals surface area contributed by atoms with Gasteiger partial charge in [0.2, 0.25) is 0 Å². The lowest BCUT2D eigenvalue weighted by Crippen LogP contribution is -2.47. The van der Waals surface area contributed by atoms with Gasteiger partial charge in [-0.1, -0.05) is 48.0 Å². The Balaban J connectivity index is 1.35. The van der Waals surface area contributed by atoms with E-state index in [0.717, 1.165) is 22.8 Å². The average molecular weight is 408 g/mol. The minimum atomic E-state index is -0.721. The number of nitrogens with one attached hydrogen (secondary N) is 2. The monoisotopic (exact) mass is 408 g/mol. The third-order valence-corrected chi connectivity index (χ3v) is 5.05. The van der Waals surface area contributed by atoms with E-state index in [0.29, 0.717) is 18.5 Å². The third kappa shape index (κ3) is 4.59. The van der Waals surface area contributed by atoms with Gasteiger partial charge in [-0.3, -0.25) is 0 Å². The molecule has 0 saturated carbocycles. The second kappa shape index (κ2) is 8.53. The Morgan fingerprint density at radius 3 is 2.63 bits per heavy atom. The number of fused-ring (bicyclic) bond motifs is 1. The van der Waals surface area contributed by atoms with Crippen molar-refractivity contribution in [2.45, 2.75) is 25.9 Å². The molecule has 1 heterocycles. The first kappa shape index (κ1) is 19.9. The van der Waals surface area contributed by atoms with E-state index in [1.54, 1.807) is 0 Å². The lowest BCUT2D eigenvalue weighted by molar-refractivity contribution is 0.209. The zero-order valence-corrected chi connectivity index (χ0v) is 16.5. The molecule has 154 valence electrons. The fraction of sp³-hybridized carbons (Fsp3) is 0.208. The van der Waals surface area contributed by atoms with Crippen molar-refractivity contribution in [3.63, 3.8) is 0 Å². The highest BCUT2D eigenvalue weighted by Crippen LogP contribution is 2.29. The number of hydrogen-bond donors (Lipinski definition) is 2. The maximum absolute atomic E-state index is 13.7. The number of carbonyl (C=O) groups is 1. The van der Waals surface area contributed by atoms with Crippen LogP contribution in [0.5, 0.6) is 5.75 Å². The molecule has 1 unspecified atom stereocenters. The van der Waals surface area contributed by atoms with Gasteiger partial charge in [-0.05, 0) is 42.2 Å². The van der Waals surface area contributed by atoms with E-state index in [-0.39, 0.29) is 24.4 Å². The molecule has 2 amide bonds. The molecule has 0 aromatic heterocycles. The molecule has 0 saturated heterocycles. The molecule has 0 radical (unpaired) electrons. The number of amides is 2. The highest BCUT2D eigenvalue weighted by molar-refractivity contribution is 5.74. The zero-order chi connectivity index (χ0) is 21.1. The van der Waals surface area contributed by atoms with Crippen LogP contribution in [0.4, 0.5) is 13.6 Å². The van der Waals surface area contributed by atoms with Crippen molar-refractivity contribution >= 4 is 6.03 Å². The van der Waals surface area contributed by atoms with Crippen molar-refractivity contribution in [2.24, 2.45) is 0 Å². The maximum atomic E-state index is 13.7.